The van der Waals surface area contributed by atoms with Crippen molar-refractivity contribution in [2.24, 2.45) is 0 Å². The third-order valence-electron chi connectivity index (χ3n) is 3.16. The largest absolute Gasteiger partial charge is 0.293 e. The lowest BCUT2D eigenvalue weighted by Gasteiger charge is -2.10. The summed E-state index contributed by atoms with van der Waals surface area (Å²) >= 11 is 8.86. The van der Waals surface area contributed by atoms with E-state index in [1.54, 1.807) is 40.3 Å². The van der Waals surface area contributed by atoms with E-state index in [4.69, 9.17) is 11.6 Å². The zero-order valence-corrected chi connectivity index (χ0v) is 14.6. The fraction of sp³-hybridized carbons (Fsp3) is 0.200. The fourth-order valence-corrected chi connectivity index (χ4v) is 3.67. The van der Waals surface area contributed by atoms with Crippen molar-refractivity contribution in [2.75, 3.05) is 0 Å². The summed E-state index contributed by atoms with van der Waals surface area (Å²) in [5.74, 6) is 0.0253. The smallest absolute Gasteiger partial charge is 0.210 e. The number of thiophene rings is 1. The Morgan fingerprint density at radius 3 is 2.83 bits per heavy atom. The lowest BCUT2D eigenvalue weighted by atomic mass is 10.1. The van der Waals surface area contributed by atoms with Gasteiger partial charge in [-0.05, 0) is 53.1 Å². The first-order chi connectivity index (χ1) is 11.1. The molecule has 118 valence electrons. The highest BCUT2D eigenvalue weighted by atomic mass is 35.5. The molecular formula is C15H13ClN4OS2. The zero-order chi connectivity index (χ0) is 16.2. The Morgan fingerprint density at radius 1 is 1.35 bits per heavy atom. The number of rotatable bonds is 6. The molecule has 0 amide bonds. The maximum atomic E-state index is 12.5. The molecule has 1 aromatic carbocycles. The Labute approximate surface area is 146 Å². The number of nitrogens with zero attached hydrogens (tertiary/aromatic N) is 4. The summed E-state index contributed by atoms with van der Waals surface area (Å²) in [6.07, 6.45) is 0. The van der Waals surface area contributed by atoms with Crippen LogP contribution in [-0.2, 0) is 6.54 Å². The Balaban J connectivity index is 1.70. The number of hydrogen-bond donors (Lipinski definition) is 0. The molecule has 0 N–H and O–H groups in total. The number of tetrazole rings is 1. The van der Waals surface area contributed by atoms with Crippen LogP contribution < -0.4 is 0 Å². The molecule has 1 unspecified atom stereocenters. The average molecular weight is 365 g/mol. The first kappa shape index (κ1) is 16.2. The van der Waals surface area contributed by atoms with Crippen molar-refractivity contribution in [3.63, 3.8) is 0 Å². The number of carbonyl (C=O) groups is 1. The molecule has 23 heavy (non-hydrogen) atoms. The van der Waals surface area contributed by atoms with Gasteiger partial charge in [0.2, 0.25) is 5.16 Å². The summed E-state index contributed by atoms with van der Waals surface area (Å²) in [6, 6.07) is 10.9. The maximum Gasteiger partial charge on any atom is 0.210 e. The van der Waals surface area contributed by atoms with Gasteiger partial charge in [0.25, 0.3) is 0 Å². The van der Waals surface area contributed by atoms with Crippen molar-refractivity contribution >= 4 is 40.5 Å². The van der Waals surface area contributed by atoms with E-state index in [-0.39, 0.29) is 11.0 Å². The number of ketones is 1. The minimum absolute atomic E-state index is 0.0253. The van der Waals surface area contributed by atoms with Gasteiger partial charge in [-0.2, -0.15) is 0 Å². The summed E-state index contributed by atoms with van der Waals surface area (Å²) in [4.78, 5) is 13.6. The van der Waals surface area contributed by atoms with Gasteiger partial charge in [0.15, 0.2) is 5.78 Å². The molecule has 3 rings (SSSR count). The lowest BCUT2D eigenvalue weighted by Crippen LogP contribution is -2.15. The van der Waals surface area contributed by atoms with Crippen molar-refractivity contribution in [1.82, 2.24) is 20.2 Å². The van der Waals surface area contributed by atoms with Gasteiger partial charge in [-0.25, -0.2) is 4.68 Å². The summed E-state index contributed by atoms with van der Waals surface area (Å²) in [6.45, 7) is 2.46. The van der Waals surface area contributed by atoms with E-state index >= 15 is 0 Å². The lowest BCUT2D eigenvalue weighted by molar-refractivity contribution is 0.0994. The van der Waals surface area contributed by atoms with Crippen LogP contribution in [0.1, 0.15) is 22.2 Å². The van der Waals surface area contributed by atoms with Crippen LogP contribution in [0.2, 0.25) is 5.02 Å². The van der Waals surface area contributed by atoms with E-state index in [2.05, 4.69) is 15.5 Å². The highest BCUT2D eigenvalue weighted by Gasteiger charge is 2.20. The molecule has 3 aromatic rings. The van der Waals surface area contributed by atoms with Crippen molar-refractivity contribution in [3.05, 3.63) is 57.2 Å². The Kier molecular flexibility index (Phi) is 5.09. The topological polar surface area (TPSA) is 60.7 Å². The van der Waals surface area contributed by atoms with E-state index in [9.17, 15) is 4.79 Å². The second kappa shape index (κ2) is 7.25. The molecule has 0 saturated carbocycles. The van der Waals surface area contributed by atoms with Gasteiger partial charge in [0.05, 0.1) is 11.8 Å². The predicted octanol–water partition coefficient (Wildman–Crippen LogP) is 3.80. The van der Waals surface area contributed by atoms with Crippen LogP contribution in [0.5, 0.6) is 0 Å². The molecule has 0 aliphatic rings. The number of thioether (sulfide) groups is 1. The molecule has 0 aliphatic carbocycles. The monoisotopic (exact) mass is 364 g/mol. The molecule has 1 atom stereocenters. The Hall–Kier alpha value is -1.70. The van der Waals surface area contributed by atoms with Crippen LogP contribution in [0.25, 0.3) is 0 Å². The minimum atomic E-state index is -0.288. The summed E-state index contributed by atoms with van der Waals surface area (Å²) < 4.78 is 1.71. The minimum Gasteiger partial charge on any atom is -0.293 e. The van der Waals surface area contributed by atoms with E-state index in [0.29, 0.717) is 22.3 Å². The van der Waals surface area contributed by atoms with Gasteiger partial charge >= 0.3 is 0 Å². The van der Waals surface area contributed by atoms with Gasteiger partial charge in [-0.1, -0.05) is 29.4 Å². The van der Waals surface area contributed by atoms with Gasteiger partial charge in [0.1, 0.15) is 0 Å². The Morgan fingerprint density at radius 2 is 2.13 bits per heavy atom. The zero-order valence-electron chi connectivity index (χ0n) is 12.2. The van der Waals surface area contributed by atoms with Crippen LogP contribution in [0.15, 0.2) is 46.9 Å². The number of benzene rings is 1. The van der Waals surface area contributed by atoms with Crippen LogP contribution in [0.3, 0.4) is 0 Å². The quantitative estimate of drug-likeness (QED) is 0.491. The molecule has 5 nitrogen and oxygen atoms in total. The molecule has 0 spiro atoms. The van der Waals surface area contributed by atoms with Crippen molar-refractivity contribution in [2.45, 2.75) is 23.9 Å². The number of Topliss-reactive ketones (excluding diaryl/α,β-unsaturated/α-hetero) is 1. The molecule has 8 heteroatoms. The molecule has 0 radical (unpaired) electrons. The third-order valence-corrected chi connectivity index (χ3v) is 5.35. The van der Waals surface area contributed by atoms with Crippen LogP contribution >= 0.6 is 34.7 Å². The van der Waals surface area contributed by atoms with E-state index in [1.807, 2.05) is 24.4 Å². The molecule has 0 saturated heterocycles. The number of carbonyl (C=O) groups excluding carboxylic acids is 1. The first-order valence-corrected chi connectivity index (χ1v) is 9.02. The van der Waals surface area contributed by atoms with Crippen molar-refractivity contribution < 1.29 is 4.79 Å². The second-order valence-electron chi connectivity index (χ2n) is 4.83. The van der Waals surface area contributed by atoms with Gasteiger partial charge in [-0.15, -0.1) is 16.4 Å². The second-order valence-corrected chi connectivity index (χ2v) is 7.61. The number of hydrogen-bond acceptors (Lipinski definition) is 6. The highest BCUT2D eigenvalue weighted by molar-refractivity contribution is 8.00. The Bertz CT molecular complexity index is 786. The van der Waals surface area contributed by atoms with Crippen LogP contribution in [0.4, 0.5) is 0 Å². The number of halogens is 1. The highest BCUT2D eigenvalue weighted by Crippen LogP contribution is 2.24. The first-order valence-electron chi connectivity index (χ1n) is 6.88. The SMILES string of the molecule is CC(Sc1nnnn1Cc1cccs1)C(=O)c1ccc(Cl)cc1. The fourth-order valence-electron chi connectivity index (χ4n) is 1.99. The molecule has 0 bridgehead atoms. The van der Waals surface area contributed by atoms with Gasteiger partial charge < -0.3 is 0 Å². The van der Waals surface area contributed by atoms with Gasteiger partial charge in [0, 0.05) is 15.5 Å². The summed E-state index contributed by atoms with van der Waals surface area (Å²) in [5, 5.41) is 14.7. The standard InChI is InChI=1S/C15H13ClN4OS2/c1-10(14(21)11-4-6-12(16)7-5-11)23-15-17-18-19-20(15)9-13-3-2-8-22-13/h2-8,10H,9H2,1H3. The van der Waals surface area contributed by atoms with E-state index in [0.717, 1.165) is 4.88 Å². The van der Waals surface area contributed by atoms with E-state index < -0.39 is 0 Å². The summed E-state index contributed by atoms with van der Waals surface area (Å²) in [7, 11) is 0. The molecule has 2 aromatic heterocycles. The predicted molar refractivity (Wildman–Crippen MR) is 92.3 cm³/mol. The van der Waals surface area contributed by atoms with E-state index in [1.165, 1.54) is 11.8 Å². The molecule has 0 fully saturated rings. The maximum absolute atomic E-state index is 12.5. The molecular weight excluding hydrogens is 352 g/mol. The average Bonchev–Trinajstić information content (AvgIpc) is 3.20. The van der Waals surface area contributed by atoms with Crippen LogP contribution in [0, 0.1) is 0 Å². The molecule has 2 heterocycles. The number of aromatic nitrogens is 4. The van der Waals surface area contributed by atoms with Gasteiger partial charge in [-0.3, -0.25) is 4.79 Å². The molecule has 0 aliphatic heterocycles. The van der Waals surface area contributed by atoms with Crippen LogP contribution in [-0.4, -0.2) is 31.2 Å². The summed E-state index contributed by atoms with van der Waals surface area (Å²) in [5.41, 5.74) is 0.631. The van der Waals surface area contributed by atoms with Crippen molar-refractivity contribution in [1.29, 1.82) is 0 Å². The van der Waals surface area contributed by atoms with Crippen molar-refractivity contribution in [3.8, 4) is 0 Å². The normalized spacial score (nSPS) is 12.3. The third kappa shape index (κ3) is 3.99.